The predicted octanol–water partition coefficient (Wildman–Crippen LogP) is 4.02. The second-order valence-electron chi connectivity index (χ2n) is 4.26. The van der Waals surface area contributed by atoms with Gasteiger partial charge in [0.2, 0.25) is 0 Å². The Morgan fingerprint density at radius 3 is 2.70 bits per heavy atom. The fraction of sp³-hybridized carbons (Fsp3) is 0.0625. The number of aliphatic carboxylic acids is 1. The van der Waals surface area contributed by atoms with Crippen molar-refractivity contribution in [1.29, 1.82) is 0 Å². The standard InChI is InChI=1S/C16H13FO3/c1-11-9-12(6-8-16(18)19)5-7-15(11)20-14-4-2-3-13(17)10-14/h2-10H,1H3,(H,18,19). The number of benzene rings is 2. The number of ether oxygens (including phenoxy) is 1. The topological polar surface area (TPSA) is 46.5 Å². The van der Waals surface area contributed by atoms with E-state index in [-0.39, 0.29) is 5.82 Å². The van der Waals surface area contributed by atoms with E-state index in [0.717, 1.165) is 17.2 Å². The zero-order valence-electron chi connectivity index (χ0n) is 10.8. The number of rotatable bonds is 4. The van der Waals surface area contributed by atoms with Gasteiger partial charge in [0.25, 0.3) is 0 Å². The molecule has 0 aromatic heterocycles. The second kappa shape index (κ2) is 6.02. The van der Waals surface area contributed by atoms with E-state index in [1.807, 2.05) is 6.92 Å². The van der Waals surface area contributed by atoms with Crippen LogP contribution in [0.25, 0.3) is 6.08 Å². The Morgan fingerprint density at radius 1 is 1.25 bits per heavy atom. The van der Waals surface area contributed by atoms with Gasteiger partial charge in [0, 0.05) is 12.1 Å². The molecule has 0 aliphatic heterocycles. The molecule has 0 atom stereocenters. The Labute approximate surface area is 115 Å². The molecule has 102 valence electrons. The third-order valence-corrected chi connectivity index (χ3v) is 2.64. The molecule has 0 unspecified atom stereocenters. The predicted molar refractivity (Wildman–Crippen MR) is 74.3 cm³/mol. The van der Waals surface area contributed by atoms with Gasteiger partial charge in [0.05, 0.1) is 0 Å². The number of carboxylic acid groups (broad SMARTS) is 1. The van der Waals surface area contributed by atoms with Crippen LogP contribution in [0.5, 0.6) is 11.5 Å². The molecule has 2 rings (SSSR count). The third-order valence-electron chi connectivity index (χ3n) is 2.64. The molecule has 2 aromatic rings. The van der Waals surface area contributed by atoms with Crippen LogP contribution in [0.1, 0.15) is 11.1 Å². The van der Waals surface area contributed by atoms with Crippen molar-refractivity contribution in [3.8, 4) is 11.5 Å². The van der Waals surface area contributed by atoms with Gasteiger partial charge in [-0.25, -0.2) is 9.18 Å². The summed E-state index contributed by atoms with van der Waals surface area (Å²) in [5.74, 6) is -0.339. The highest BCUT2D eigenvalue weighted by atomic mass is 19.1. The average Bonchev–Trinajstić information content (AvgIpc) is 2.39. The summed E-state index contributed by atoms with van der Waals surface area (Å²) in [6, 6.07) is 11.2. The van der Waals surface area contributed by atoms with Gasteiger partial charge in [0.1, 0.15) is 17.3 Å². The summed E-state index contributed by atoms with van der Waals surface area (Å²) in [7, 11) is 0. The first kappa shape index (κ1) is 13.8. The Hall–Kier alpha value is -2.62. The van der Waals surface area contributed by atoms with Crippen LogP contribution in [-0.2, 0) is 4.79 Å². The molecule has 0 saturated carbocycles. The molecule has 0 bridgehead atoms. The molecule has 20 heavy (non-hydrogen) atoms. The van der Waals surface area contributed by atoms with Gasteiger partial charge in [-0.15, -0.1) is 0 Å². The second-order valence-corrected chi connectivity index (χ2v) is 4.26. The molecule has 1 N–H and O–H groups in total. The van der Waals surface area contributed by atoms with E-state index in [9.17, 15) is 9.18 Å². The van der Waals surface area contributed by atoms with Crippen LogP contribution in [0.15, 0.2) is 48.5 Å². The quantitative estimate of drug-likeness (QED) is 0.855. The van der Waals surface area contributed by atoms with E-state index in [2.05, 4.69) is 0 Å². The Kier molecular flexibility index (Phi) is 4.15. The molecule has 0 aliphatic rings. The van der Waals surface area contributed by atoms with E-state index >= 15 is 0 Å². The van der Waals surface area contributed by atoms with Gasteiger partial charge >= 0.3 is 5.97 Å². The largest absolute Gasteiger partial charge is 0.478 e. The van der Waals surface area contributed by atoms with E-state index in [4.69, 9.17) is 9.84 Å². The molecule has 3 nitrogen and oxygen atoms in total. The number of aryl methyl sites for hydroxylation is 1. The fourth-order valence-corrected chi connectivity index (χ4v) is 1.72. The minimum Gasteiger partial charge on any atom is -0.478 e. The zero-order valence-corrected chi connectivity index (χ0v) is 10.8. The monoisotopic (exact) mass is 272 g/mol. The number of carboxylic acids is 1. The van der Waals surface area contributed by atoms with Crippen LogP contribution in [-0.4, -0.2) is 11.1 Å². The highest BCUT2D eigenvalue weighted by Crippen LogP contribution is 2.26. The summed E-state index contributed by atoms with van der Waals surface area (Å²) in [6.07, 6.45) is 2.57. The Bertz CT molecular complexity index is 663. The van der Waals surface area contributed by atoms with Crippen molar-refractivity contribution < 1.29 is 19.0 Å². The Balaban J connectivity index is 2.20. The number of hydrogen-bond acceptors (Lipinski definition) is 2. The summed E-state index contributed by atoms with van der Waals surface area (Å²) in [5, 5.41) is 8.57. The van der Waals surface area contributed by atoms with Crippen LogP contribution in [0.2, 0.25) is 0 Å². The molecule has 2 aromatic carbocycles. The number of halogens is 1. The van der Waals surface area contributed by atoms with Crippen molar-refractivity contribution in [2.75, 3.05) is 0 Å². The average molecular weight is 272 g/mol. The maximum Gasteiger partial charge on any atom is 0.328 e. The lowest BCUT2D eigenvalue weighted by molar-refractivity contribution is -0.131. The van der Waals surface area contributed by atoms with Gasteiger partial charge in [-0.1, -0.05) is 12.1 Å². The minimum atomic E-state index is -0.997. The van der Waals surface area contributed by atoms with Crippen LogP contribution in [0, 0.1) is 12.7 Å². The van der Waals surface area contributed by atoms with Crippen molar-refractivity contribution in [3.63, 3.8) is 0 Å². The van der Waals surface area contributed by atoms with Gasteiger partial charge in [-0.3, -0.25) is 0 Å². The van der Waals surface area contributed by atoms with Crippen molar-refractivity contribution in [2.45, 2.75) is 6.92 Å². The third kappa shape index (κ3) is 3.68. The highest BCUT2D eigenvalue weighted by Gasteiger charge is 2.03. The normalized spacial score (nSPS) is 10.7. The molecule has 0 heterocycles. The van der Waals surface area contributed by atoms with E-state index in [1.165, 1.54) is 18.2 Å². The van der Waals surface area contributed by atoms with Crippen LogP contribution in [0.4, 0.5) is 4.39 Å². The summed E-state index contributed by atoms with van der Waals surface area (Å²) >= 11 is 0. The van der Waals surface area contributed by atoms with Crippen molar-refractivity contribution >= 4 is 12.0 Å². The van der Waals surface area contributed by atoms with Gasteiger partial charge in [-0.2, -0.15) is 0 Å². The first-order valence-corrected chi connectivity index (χ1v) is 6.00. The van der Waals surface area contributed by atoms with Crippen molar-refractivity contribution in [1.82, 2.24) is 0 Å². The maximum absolute atomic E-state index is 13.1. The lowest BCUT2D eigenvalue weighted by Gasteiger charge is -2.09. The van der Waals surface area contributed by atoms with Crippen LogP contribution < -0.4 is 4.74 Å². The fourth-order valence-electron chi connectivity index (χ4n) is 1.72. The van der Waals surface area contributed by atoms with Crippen LogP contribution >= 0.6 is 0 Å². The molecule has 0 radical (unpaired) electrons. The first-order chi connectivity index (χ1) is 9.54. The maximum atomic E-state index is 13.1. The zero-order chi connectivity index (χ0) is 14.5. The molecule has 0 spiro atoms. The highest BCUT2D eigenvalue weighted by molar-refractivity contribution is 5.85. The van der Waals surface area contributed by atoms with Crippen molar-refractivity contribution in [2.24, 2.45) is 0 Å². The van der Waals surface area contributed by atoms with Gasteiger partial charge in [-0.05, 0) is 48.4 Å². The van der Waals surface area contributed by atoms with E-state index in [1.54, 1.807) is 30.3 Å². The molecular weight excluding hydrogens is 259 g/mol. The summed E-state index contributed by atoms with van der Waals surface area (Å²) in [5.41, 5.74) is 1.60. The molecule has 0 amide bonds. The van der Waals surface area contributed by atoms with Crippen LogP contribution in [0.3, 0.4) is 0 Å². The lowest BCUT2D eigenvalue weighted by Crippen LogP contribution is -1.90. The van der Waals surface area contributed by atoms with E-state index in [0.29, 0.717) is 11.5 Å². The van der Waals surface area contributed by atoms with Gasteiger partial charge < -0.3 is 9.84 Å². The first-order valence-electron chi connectivity index (χ1n) is 6.00. The number of hydrogen-bond donors (Lipinski definition) is 1. The molecule has 4 heteroatoms. The Morgan fingerprint density at radius 2 is 2.05 bits per heavy atom. The summed E-state index contributed by atoms with van der Waals surface area (Å²) in [6.45, 7) is 1.84. The summed E-state index contributed by atoms with van der Waals surface area (Å²) < 4.78 is 18.7. The lowest BCUT2D eigenvalue weighted by atomic mass is 10.1. The SMILES string of the molecule is Cc1cc(C=CC(=O)O)ccc1Oc1cccc(F)c1. The van der Waals surface area contributed by atoms with Crippen molar-refractivity contribution in [3.05, 3.63) is 65.5 Å². The van der Waals surface area contributed by atoms with Gasteiger partial charge in [0.15, 0.2) is 0 Å². The summed E-state index contributed by atoms with van der Waals surface area (Å²) in [4.78, 5) is 10.5. The molecule has 0 aliphatic carbocycles. The molecular formula is C16H13FO3. The smallest absolute Gasteiger partial charge is 0.328 e. The minimum absolute atomic E-state index is 0.360. The number of carbonyl (C=O) groups is 1. The molecule has 0 fully saturated rings. The molecule has 0 saturated heterocycles. The van der Waals surface area contributed by atoms with E-state index < -0.39 is 5.97 Å².